The summed E-state index contributed by atoms with van der Waals surface area (Å²) in [5, 5.41) is 8.70. The van der Waals surface area contributed by atoms with Crippen LogP contribution in [-0.2, 0) is 11.4 Å². The minimum atomic E-state index is -0.910. The van der Waals surface area contributed by atoms with Gasteiger partial charge in [0.15, 0.2) is 0 Å². The number of ether oxygens (including phenoxy) is 1. The van der Waals surface area contributed by atoms with Crippen LogP contribution in [0.25, 0.3) is 10.4 Å². The Morgan fingerprint density at radius 1 is 1.36 bits per heavy atom. The van der Waals surface area contributed by atoms with E-state index in [9.17, 15) is 9.59 Å². The van der Waals surface area contributed by atoms with Gasteiger partial charge in [0.25, 0.3) is 5.91 Å². The first kappa shape index (κ1) is 14.6. The van der Waals surface area contributed by atoms with Crippen LogP contribution >= 0.6 is 11.3 Å². The quantitative estimate of drug-likeness (QED) is 0.941. The van der Waals surface area contributed by atoms with E-state index in [4.69, 9.17) is 9.84 Å². The van der Waals surface area contributed by atoms with Crippen LogP contribution in [-0.4, -0.2) is 35.5 Å². The molecule has 3 rings (SSSR count). The van der Waals surface area contributed by atoms with Crippen LogP contribution in [0.5, 0.6) is 5.75 Å². The van der Waals surface area contributed by atoms with Gasteiger partial charge in [0.05, 0.1) is 11.3 Å². The maximum Gasteiger partial charge on any atom is 0.305 e. The summed E-state index contributed by atoms with van der Waals surface area (Å²) < 4.78 is 5.69. The van der Waals surface area contributed by atoms with Gasteiger partial charge in [-0.05, 0) is 18.2 Å². The molecule has 0 unspecified atom stereocenters. The molecule has 0 spiro atoms. The fourth-order valence-corrected chi connectivity index (χ4v) is 3.55. The average molecular weight is 317 g/mol. The van der Waals surface area contributed by atoms with Gasteiger partial charge in [0.2, 0.25) is 0 Å². The summed E-state index contributed by atoms with van der Waals surface area (Å²) in [6.07, 6.45) is -0.0563. The first-order chi connectivity index (χ1) is 10.6. The Hall–Kier alpha value is -2.34. The number of rotatable bonds is 4. The molecule has 114 valence electrons. The molecule has 0 bridgehead atoms. The Morgan fingerprint density at radius 3 is 2.91 bits per heavy atom. The number of para-hydroxylation sites is 1. The van der Waals surface area contributed by atoms with E-state index in [2.05, 4.69) is 0 Å². The number of aliphatic carboxylic acids is 1. The zero-order valence-electron chi connectivity index (χ0n) is 12.0. The van der Waals surface area contributed by atoms with Gasteiger partial charge in [-0.2, -0.15) is 0 Å². The minimum absolute atomic E-state index is 0.0563. The van der Waals surface area contributed by atoms with Crippen LogP contribution in [0, 0.1) is 0 Å². The van der Waals surface area contributed by atoms with E-state index in [-0.39, 0.29) is 18.9 Å². The molecule has 1 amide bonds. The van der Waals surface area contributed by atoms with Gasteiger partial charge < -0.3 is 14.7 Å². The SMILES string of the molecule is CN(CCC(=O)O)C(=O)c1cc2c(s1)-c1ccccc1OC2. The average Bonchev–Trinajstić information content (AvgIpc) is 2.96. The summed E-state index contributed by atoms with van der Waals surface area (Å²) >= 11 is 1.43. The van der Waals surface area contributed by atoms with E-state index in [1.54, 1.807) is 7.05 Å². The molecule has 0 saturated carbocycles. The molecule has 5 nitrogen and oxygen atoms in total. The van der Waals surface area contributed by atoms with E-state index >= 15 is 0 Å². The fourth-order valence-electron chi connectivity index (χ4n) is 2.36. The molecule has 1 N–H and O–H groups in total. The zero-order chi connectivity index (χ0) is 15.7. The lowest BCUT2D eigenvalue weighted by Gasteiger charge is -2.16. The topological polar surface area (TPSA) is 66.8 Å². The van der Waals surface area contributed by atoms with E-state index in [0.29, 0.717) is 11.5 Å². The predicted molar refractivity (Wildman–Crippen MR) is 83.3 cm³/mol. The number of carboxylic acids is 1. The van der Waals surface area contributed by atoms with Gasteiger partial charge in [-0.3, -0.25) is 9.59 Å². The van der Waals surface area contributed by atoms with Crippen LogP contribution in [0.4, 0.5) is 0 Å². The van der Waals surface area contributed by atoms with Crippen molar-refractivity contribution in [3.05, 3.63) is 40.8 Å². The highest BCUT2D eigenvalue weighted by molar-refractivity contribution is 7.17. The third kappa shape index (κ3) is 2.69. The molecule has 6 heteroatoms. The van der Waals surface area contributed by atoms with Gasteiger partial charge >= 0.3 is 5.97 Å². The molecule has 1 aromatic carbocycles. The standard InChI is InChI=1S/C16H15NO4S/c1-17(7-6-14(18)19)16(20)13-8-10-9-21-12-5-3-2-4-11(12)15(10)22-13/h2-5,8H,6-7,9H2,1H3,(H,18,19). The Balaban J connectivity index is 1.85. The zero-order valence-corrected chi connectivity index (χ0v) is 12.9. The van der Waals surface area contributed by atoms with Crippen molar-refractivity contribution in [2.45, 2.75) is 13.0 Å². The number of nitrogens with zero attached hydrogens (tertiary/aromatic N) is 1. The maximum absolute atomic E-state index is 12.4. The molecule has 0 atom stereocenters. The van der Waals surface area contributed by atoms with E-state index in [1.807, 2.05) is 30.3 Å². The third-order valence-corrected chi connectivity index (χ3v) is 4.74. The molecule has 1 aliphatic rings. The molecular formula is C16H15NO4S. The smallest absolute Gasteiger partial charge is 0.305 e. The van der Waals surface area contributed by atoms with Crippen LogP contribution < -0.4 is 4.74 Å². The van der Waals surface area contributed by atoms with Gasteiger partial charge in [0, 0.05) is 29.6 Å². The molecule has 2 heterocycles. The summed E-state index contributed by atoms with van der Waals surface area (Å²) in [5.74, 6) is -0.235. The lowest BCUT2D eigenvalue weighted by molar-refractivity contribution is -0.137. The summed E-state index contributed by atoms with van der Waals surface area (Å²) in [5.41, 5.74) is 2.00. The summed E-state index contributed by atoms with van der Waals surface area (Å²) in [6.45, 7) is 0.652. The first-order valence-corrected chi connectivity index (χ1v) is 7.70. The number of fused-ring (bicyclic) bond motifs is 3. The molecule has 1 aromatic heterocycles. The van der Waals surface area contributed by atoms with Crippen LogP contribution in [0.2, 0.25) is 0 Å². The number of carbonyl (C=O) groups excluding carboxylic acids is 1. The van der Waals surface area contributed by atoms with Crippen molar-refractivity contribution in [2.75, 3.05) is 13.6 Å². The van der Waals surface area contributed by atoms with E-state index in [0.717, 1.165) is 21.8 Å². The molecule has 0 aliphatic carbocycles. The number of amides is 1. The Bertz CT molecular complexity index is 737. The van der Waals surface area contributed by atoms with Gasteiger partial charge in [-0.15, -0.1) is 11.3 Å². The largest absolute Gasteiger partial charge is 0.488 e. The highest BCUT2D eigenvalue weighted by Gasteiger charge is 2.23. The van der Waals surface area contributed by atoms with E-state index in [1.165, 1.54) is 16.2 Å². The van der Waals surface area contributed by atoms with Crippen molar-refractivity contribution >= 4 is 23.2 Å². The number of carboxylic acid groups (broad SMARTS) is 1. The van der Waals surface area contributed by atoms with Gasteiger partial charge in [0.1, 0.15) is 12.4 Å². The highest BCUT2D eigenvalue weighted by atomic mass is 32.1. The monoisotopic (exact) mass is 317 g/mol. The molecule has 0 radical (unpaired) electrons. The van der Waals surface area contributed by atoms with Crippen LogP contribution in [0.15, 0.2) is 30.3 Å². The normalized spacial score (nSPS) is 12.0. The number of benzene rings is 1. The summed E-state index contributed by atoms with van der Waals surface area (Å²) in [4.78, 5) is 26.1. The van der Waals surface area contributed by atoms with Crippen LogP contribution in [0.1, 0.15) is 21.7 Å². The summed E-state index contributed by atoms with van der Waals surface area (Å²) in [6, 6.07) is 9.60. The van der Waals surface area contributed by atoms with Crippen molar-refractivity contribution < 1.29 is 19.4 Å². The maximum atomic E-state index is 12.4. The van der Waals surface area contributed by atoms with Crippen molar-refractivity contribution in [2.24, 2.45) is 0 Å². The predicted octanol–water partition coefficient (Wildman–Crippen LogP) is 2.85. The fraction of sp³-hybridized carbons (Fsp3) is 0.250. The second-order valence-corrected chi connectivity index (χ2v) is 6.17. The molecule has 2 aromatic rings. The molecular weight excluding hydrogens is 302 g/mol. The first-order valence-electron chi connectivity index (χ1n) is 6.88. The molecule has 22 heavy (non-hydrogen) atoms. The number of carbonyl (C=O) groups is 2. The van der Waals surface area contributed by atoms with Crippen molar-refractivity contribution in [3.8, 4) is 16.2 Å². The number of thiophene rings is 1. The second-order valence-electron chi connectivity index (χ2n) is 5.12. The second kappa shape index (κ2) is 5.81. The minimum Gasteiger partial charge on any atom is -0.488 e. The van der Waals surface area contributed by atoms with Gasteiger partial charge in [-0.1, -0.05) is 12.1 Å². The van der Waals surface area contributed by atoms with Crippen molar-refractivity contribution in [1.29, 1.82) is 0 Å². The Kier molecular flexibility index (Phi) is 3.85. The van der Waals surface area contributed by atoms with Crippen molar-refractivity contribution in [3.63, 3.8) is 0 Å². The number of hydrogen-bond acceptors (Lipinski definition) is 4. The highest BCUT2D eigenvalue weighted by Crippen LogP contribution is 2.42. The molecule has 1 aliphatic heterocycles. The molecule has 0 fully saturated rings. The number of hydrogen-bond donors (Lipinski definition) is 1. The van der Waals surface area contributed by atoms with E-state index < -0.39 is 5.97 Å². The third-order valence-electron chi connectivity index (χ3n) is 3.54. The lowest BCUT2D eigenvalue weighted by Crippen LogP contribution is -2.28. The van der Waals surface area contributed by atoms with Gasteiger partial charge in [-0.25, -0.2) is 0 Å². The van der Waals surface area contributed by atoms with Crippen molar-refractivity contribution in [1.82, 2.24) is 4.90 Å². The van der Waals surface area contributed by atoms with Crippen LogP contribution in [0.3, 0.4) is 0 Å². The lowest BCUT2D eigenvalue weighted by atomic mass is 10.1. The Labute approximate surface area is 131 Å². The molecule has 0 saturated heterocycles. The Morgan fingerprint density at radius 2 is 2.14 bits per heavy atom. The summed E-state index contributed by atoms with van der Waals surface area (Å²) in [7, 11) is 1.62.